The Kier molecular flexibility index (Phi) is 16.4. The molecule has 1 aliphatic rings. The van der Waals surface area contributed by atoms with E-state index in [1.54, 1.807) is 19.9 Å². The molecule has 0 N–H and O–H groups in total. The van der Waals surface area contributed by atoms with Crippen LogP contribution in [0.2, 0.25) is 0 Å². The third-order valence-corrected chi connectivity index (χ3v) is 12.8. The maximum atomic E-state index is 12.4. The van der Waals surface area contributed by atoms with Crippen LogP contribution >= 0.6 is 40.3 Å². The van der Waals surface area contributed by atoms with Gasteiger partial charge in [-0.1, -0.05) is 78.8 Å². The fourth-order valence-corrected chi connectivity index (χ4v) is 8.37. The van der Waals surface area contributed by atoms with Crippen molar-refractivity contribution in [2.45, 2.75) is 46.0 Å². The van der Waals surface area contributed by atoms with Gasteiger partial charge in [-0.25, -0.2) is 0 Å². The normalized spacial score (nSPS) is 17.1. The molecule has 3 unspecified atom stereocenters. The summed E-state index contributed by atoms with van der Waals surface area (Å²) in [5.74, 6) is -0.00223. The molecule has 0 radical (unpaired) electrons. The SMILES string of the molecule is CC1(C)C(C=C(Cl)Cl)C1C(=O)OCc1cccc(Oc2ccccc2)c1.CCOC(=O)CC(SP(=S)(OC)OC)C(=O)OCC. The molecular formula is C31H39Cl2O9PS2. The number of ether oxygens (including phenoxy) is 4. The molecule has 14 heteroatoms. The largest absolute Gasteiger partial charge is 0.466 e. The number of hydrogen-bond acceptors (Lipinski definition) is 11. The van der Waals surface area contributed by atoms with Gasteiger partial charge in [0.1, 0.15) is 27.8 Å². The summed E-state index contributed by atoms with van der Waals surface area (Å²) >= 11 is 17.6. The van der Waals surface area contributed by atoms with Crippen molar-refractivity contribution >= 4 is 70.0 Å². The van der Waals surface area contributed by atoms with Gasteiger partial charge in [0.05, 0.1) is 25.6 Å². The van der Waals surface area contributed by atoms with E-state index in [-0.39, 0.29) is 54.0 Å². The maximum absolute atomic E-state index is 12.4. The number of benzene rings is 2. The van der Waals surface area contributed by atoms with Crippen LogP contribution in [0, 0.1) is 17.3 Å². The highest BCUT2D eigenvalue weighted by atomic mass is 35.5. The van der Waals surface area contributed by atoms with Crippen molar-refractivity contribution in [1.82, 2.24) is 0 Å². The fraction of sp³-hybridized carbons (Fsp3) is 0.452. The van der Waals surface area contributed by atoms with E-state index in [0.29, 0.717) is 5.75 Å². The van der Waals surface area contributed by atoms with E-state index in [4.69, 9.17) is 63.0 Å². The van der Waals surface area contributed by atoms with E-state index in [1.165, 1.54) is 14.2 Å². The summed E-state index contributed by atoms with van der Waals surface area (Å²) in [4.78, 5) is 35.7. The number of rotatable bonds is 15. The highest BCUT2D eigenvalue weighted by Crippen LogP contribution is 2.62. The third-order valence-electron chi connectivity index (χ3n) is 6.64. The first kappa shape index (κ1) is 39.1. The van der Waals surface area contributed by atoms with Crippen molar-refractivity contribution in [2.24, 2.45) is 17.3 Å². The van der Waals surface area contributed by atoms with Gasteiger partial charge in [-0.15, -0.1) is 0 Å². The van der Waals surface area contributed by atoms with E-state index in [2.05, 4.69) is 0 Å². The lowest BCUT2D eigenvalue weighted by Crippen LogP contribution is -2.24. The minimum Gasteiger partial charge on any atom is -0.466 e. The van der Waals surface area contributed by atoms with Crippen molar-refractivity contribution in [1.29, 1.82) is 0 Å². The molecule has 0 bridgehead atoms. The zero-order valence-corrected chi connectivity index (χ0v) is 30.1. The average Bonchev–Trinajstić information content (AvgIpc) is 3.54. The Morgan fingerprint density at radius 3 is 2.16 bits per heavy atom. The Labute approximate surface area is 284 Å². The first-order chi connectivity index (χ1) is 21.3. The lowest BCUT2D eigenvalue weighted by atomic mass is 10.1. The molecule has 2 aromatic carbocycles. The van der Waals surface area contributed by atoms with Gasteiger partial charge in [-0.05, 0) is 72.9 Å². The van der Waals surface area contributed by atoms with Gasteiger partial charge in [-0.2, -0.15) is 0 Å². The first-order valence-electron chi connectivity index (χ1n) is 14.0. The average molecular weight is 722 g/mol. The topological polar surface area (TPSA) is 107 Å². The lowest BCUT2D eigenvalue weighted by Gasteiger charge is -2.21. The van der Waals surface area contributed by atoms with Gasteiger partial charge in [0.2, 0.25) is 5.69 Å². The summed E-state index contributed by atoms with van der Waals surface area (Å²) in [5, 5.41) is -0.787. The van der Waals surface area contributed by atoms with E-state index in [0.717, 1.165) is 22.7 Å². The number of esters is 3. The van der Waals surface area contributed by atoms with Gasteiger partial charge in [0.25, 0.3) is 0 Å². The Hall–Kier alpha value is -2.11. The van der Waals surface area contributed by atoms with Crippen LogP contribution in [-0.2, 0) is 56.1 Å². The number of carbonyl (C=O) groups excluding carboxylic acids is 3. The van der Waals surface area contributed by atoms with Crippen LogP contribution in [0.5, 0.6) is 11.5 Å². The summed E-state index contributed by atoms with van der Waals surface area (Å²) in [5.41, 5.74) is -1.97. The maximum Gasteiger partial charge on any atom is 0.320 e. The molecule has 9 nitrogen and oxygen atoms in total. The Bertz CT molecular complexity index is 1350. The van der Waals surface area contributed by atoms with Crippen LogP contribution < -0.4 is 4.74 Å². The van der Waals surface area contributed by atoms with Gasteiger partial charge < -0.3 is 28.0 Å². The summed E-state index contributed by atoms with van der Waals surface area (Å²) in [6, 6.07) is 17.0. The second kappa shape index (κ2) is 18.9. The molecule has 0 saturated heterocycles. The summed E-state index contributed by atoms with van der Waals surface area (Å²) < 4.78 is 31.4. The molecule has 2 aromatic rings. The van der Waals surface area contributed by atoms with E-state index >= 15 is 0 Å². The lowest BCUT2D eigenvalue weighted by molar-refractivity contribution is -0.149. The van der Waals surface area contributed by atoms with Gasteiger partial charge in [0, 0.05) is 14.2 Å². The molecular weight excluding hydrogens is 682 g/mol. The highest BCUT2D eigenvalue weighted by molar-refractivity contribution is 8.68. The van der Waals surface area contributed by atoms with Crippen LogP contribution in [0.15, 0.2) is 65.2 Å². The second-order valence-electron chi connectivity index (χ2n) is 10.1. The summed E-state index contributed by atoms with van der Waals surface area (Å²) in [6.07, 6.45) is 1.59. The van der Waals surface area contributed by atoms with Crippen LogP contribution in [0.25, 0.3) is 0 Å². The molecule has 0 aliphatic heterocycles. The van der Waals surface area contributed by atoms with Crippen LogP contribution in [0.4, 0.5) is 0 Å². The van der Waals surface area contributed by atoms with E-state index in [1.807, 2.05) is 68.4 Å². The molecule has 1 aliphatic carbocycles. The molecule has 1 saturated carbocycles. The smallest absolute Gasteiger partial charge is 0.320 e. The standard InChI is InChI=1S/C21H20Cl2O3.C10H19O6PS2/c1-21(2)17(12-18(22)23)19(21)20(24)25-13-14-7-6-10-16(11-14)26-15-8-4-3-5-9-15;1-5-15-9(11)7-8(10(12)16-6-2)19-17(18,13-3)14-4/h3-12,17,19H,13H2,1-2H3;8H,5-7H2,1-4H3. The Balaban J connectivity index is 0.000000332. The Morgan fingerprint density at radius 1 is 0.956 bits per heavy atom. The molecule has 3 atom stereocenters. The van der Waals surface area contributed by atoms with Gasteiger partial charge in [-0.3, -0.25) is 14.4 Å². The van der Waals surface area contributed by atoms with Crippen molar-refractivity contribution in [3.8, 4) is 11.5 Å². The van der Waals surface area contributed by atoms with Crippen molar-refractivity contribution in [3.63, 3.8) is 0 Å². The molecule has 45 heavy (non-hydrogen) atoms. The number of para-hydroxylation sites is 1. The minimum absolute atomic E-state index is 0.00717. The van der Waals surface area contributed by atoms with Crippen molar-refractivity contribution in [2.75, 3.05) is 27.4 Å². The summed E-state index contributed by atoms with van der Waals surface area (Å²) in [7, 11) is 2.81. The third kappa shape index (κ3) is 12.9. The predicted molar refractivity (Wildman–Crippen MR) is 181 cm³/mol. The molecule has 0 heterocycles. The fourth-order valence-electron chi connectivity index (χ4n) is 4.23. The van der Waals surface area contributed by atoms with Crippen LogP contribution in [0.1, 0.15) is 39.7 Å². The molecule has 248 valence electrons. The van der Waals surface area contributed by atoms with E-state index < -0.39 is 22.9 Å². The van der Waals surface area contributed by atoms with E-state index in [9.17, 15) is 14.4 Å². The number of allylic oxidation sites excluding steroid dienone is 1. The zero-order valence-electron chi connectivity index (χ0n) is 26.0. The molecule has 1 fully saturated rings. The van der Waals surface area contributed by atoms with Gasteiger partial charge >= 0.3 is 17.9 Å². The quantitative estimate of drug-likeness (QED) is 0.101. The summed E-state index contributed by atoms with van der Waals surface area (Å²) in [6.45, 7) is 8.06. The number of hydrogen-bond donors (Lipinski definition) is 0. The molecule has 0 aromatic heterocycles. The Morgan fingerprint density at radius 2 is 1.58 bits per heavy atom. The monoisotopic (exact) mass is 720 g/mol. The molecule has 0 spiro atoms. The van der Waals surface area contributed by atoms with Crippen LogP contribution in [-0.4, -0.2) is 50.6 Å². The highest BCUT2D eigenvalue weighted by Gasteiger charge is 2.61. The van der Waals surface area contributed by atoms with Gasteiger partial charge in [0.15, 0.2) is 0 Å². The molecule has 0 amide bonds. The van der Waals surface area contributed by atoms with Crippen molar-refractivity contribution in [3.05, 3.63) is 70.7 Å². The predicted octanol–water partition coefficient (Wildman–Crippen LogP) is 8.24. The van der Waals surface area contributed by atoms with Crippen molar-refractivity contribution < 1.29 is 42.4 Å². The molecule has 3 rings (SSSR count). The minimum atomic E-state index is -2.65. The van der Waals surface area contributed by atoms with Crippen LogP contribution in [0.3, 0.4) is 0 Å². The number of halogens is 2. The first-order valence-corrected chi connectivity index (χ1v) is 18.9. The zero-order chi connectivity index (χ0) is 33.6. The number of carbonyl (C=O) groups is 3. The second-order valence-corrected chi connectivity index (χ2v) is 17.7.